The Labute approximate surface area is 171 Å². The number of hydrogen-bond acceptors (Lipinski definition) is 7. The highest BCUT2D eigenvalue weighted by atomic mass is 16.2. The Morgan fingerprint density at radius 2 is 2.07 bits per heavy atom. The number of fused-ring (bicyclic) bond motifs is 1. The lowest BCUT2D eigenvalue weighted by atomic mass is 10.0. The van der Waals surface area contributed by atoms with Gasteiger partial charge in [0.25, 0.3) is 11.8 Å². The third-order valence-corrected chi connectivity index (χ3v) is 5.25. The summed E-state index contributed by atoms with van der Waals surface area (Å²) in [6, 6.07) is 4.24. The number of amides is 4. The number of carbonyl (C=O) groups is 4. The molecule has 0 spiro atoms. The SMILES string of the molecule is N/C=C1/C(C(=O)Nc2ccc3c(c2)CN(C2CCC(=O)NC2=O)C3=O)=CC=CN1N. The van der Waals surface area contributed by atoms with Gasteiger partial charge in [-0.1, -0.05) is 0 Å². The van der Waals surface area contributed by atoms with Gasteiger partial charge >= 0.3 is 0 Å². The average Bonchev–Trinajstić information content (AvgIpc) is 3.03. The zero-order chi connectivity index (χ0) is 21.4. The van der Waals surface area contributed by atoms with Gasteiger partial charge < -0.3 is 16.0 Å². The molecular weight excluding hydrogens is 388 g/mol. The second kappa shape index (κ2) is 7.48. The molecule has 0 bridgehead atoms. The van der Waals surface area contributed by atoms with Crippen LogP contribution >= 0.6 is 0 Å². The summed E-state index contributed by atoms with van der Waals surface area (Å²) in [5.74, 6) is 4.31. The van der Waals surface area contributed by atoms with Crippen molar-refractivity contribution in [3.63, 3.8) is 0 Å². The second-order valence-electron chi connectivity index (χ2n) is 7.11. The van der Waals surface area contributed by atoms with E-state index in [1.807, 2.05) is 0 Å². The lowest BCUT2D eigenvalue weighted by molar-refractivity contribution is -0.136. The Balaban J connectivity index is 1.51. The van der Waals surface area contributed by atoms with Crippen LogP contribution in [-0.2, 0) is 20.9 Å². The number of carbonyl (C=O) groups excluding carboxylic acids is 4. The fourth-order valence-electron chi connectivity index (χ4n) is 3.76. The Morgan fingerprint density at radius 1 is 1.27 bits per heavy atom. The Hall–Kier alpha value is -3.92. The van der Waals surface area contributed by atoms with Crippen molar-refractivity contribution < 1.29 is 19.2 Å². The minimum absolute atomic E-state index is 0.191. The second-order valence-corrected chi connectivity index (χ2v) is 7.11. The van der Waals surface area contributed by atoms with Gasteiger partial charge in [-0.05, 0) is 42.3 Å². The molecule has 1 atom stereocenters. The number of hydrogen-bond donors (Lipinski definition) is 4. The molecule has 0 aromatic heterocycles. The van der Waals surface area contributed by atoms with Crippen LogP contribution in [0, 0.1) is 0 Å². The first-order chi connectivity index (χ1) is 14.4. The molecule has 1 aromatic carbocycles. The highest BCUT2D eigenvalue weighted by Gasteiger charge is 2.39. The Bertz CT molecular complexity index is 1060. The maximum atomic E-state index is 12.7. The molecule has 0 saturated carbocycles. The Morgan fingerprint density at radius 3 is 2.80 bits per heavy atom. The van der Waals surface area contributed by atoms with Gasteiger partial charge in [0.1, 0.15) is 6.04 Å². The predicted molar refractivity (Wildman–Crippen MR) is 107 cm³/mol. The van der Waals surface area contributed by atoms with Gasteiger partial charge in [0.05, 0.1) is 11.3 Å². The third kappa shape index (κ3) is 3.33. The lowest BCUT2D eigenvalue weighted by Crippen LogP contribution is -2.52. The van der Waals surface area contributed by atoms with Crippen molar-refractivity contribution in [2.24, 2.45) is 11.6 Å². The molecule has 10 heteroatoms. The van der Waals surface area contributed by atoms with E-state index >= 15 is 0 Å². The molecule has 1 unspecified atom stereocenters. The molecule has 3 heterocycles. The number of hydrazine groups is 1. The molecule has 1 saturated heterocycles. The fourth-order valence-corrected chi connectivity index (χ4v) is 3.76. The number of rotatable bonds is 3. The molecule has 154 valence electrons. The highest BCUT2D eigenvalue weighted by Crippen LogP contribution is 2.30. The molecule has 6 N–H and O–H groups in total. The topological polar surface area (TPSA) is 151 Å². The molecule has 4 rings (SSSR count). The zero-order valence-electron chi connectivity index (χ0n) is 15.9. The van der Waals surface area contributed by atoms with Crippen LogP contribution in [0.3, 0.4) is 0 Å². The smallest absolute Gasteiger partial charge is 0.257 e. The minimum Gasteiger partial charge on any atom is -0.403 e. The number of anilines is 1. The van der Waals surface area contributed by atoms with Gasteiger partial charge in [0, 0.05) is 36.6 Å². The van der Waals surface area contributed by atoms with E-state index in [-0.39, 0.29) is 24.8 Å². The molecule has 3 aliphatic rings. The summed E-state index contributed by atoms with van der Waals surface area (Å²) < 4.78 is 0. The van der Waals surface area contributed by atoms with Crippen LogP contribution in [-0.4, -0.2) is 39.6 Å². The van der Waals surface area contributed by atoms with Crippen molar-refractivity contribution in [2.45, 2.75) is 25.4 Å². The van der Waals surface area contributed by atoms with Gasteiger partial charge in [-0.2, -0.15) is 0 Å². The van der Waals surface area contributed by atoms with Gasteiger partial charge in [-0.25, -0.2) is 5.84 Å². The van der Waals surface area contributed by atoms with E-state index in [0.717, 1.165) is 0 Å². The van der Waals surface area contributed by atoms with Crippen LogP contribution in [0.4, 0.5) is 5.69 Å². The summed E-state index contributed by atoms with van der Waals surface area (Å²) in [6.07, 6.45) is 6.52. The van der Waals surface area contributed by atoms with E-state index < -0.39 is 17.9 Å². The largest absolute Gasteiger partial charge is 0.403 e. The van der Waals surface area contributed by atoms with Crippen LogP contribution in [0.25, 0.3) is 0 Å². The number of nitrogens with one attached hydrogen (secondary N) is 2. The monoisotopic (exact) mass is 408 g/mol. The maximum absolute atomic E-state index is 12.7. The van der Waals surface area contributed by atoms with Gasteiger partial charge in [0.15, 0.2) is 0 Å². The zero-order valence-corrected chi connectivity index (χ0v) is 15.9. The van der Waals surface area contributed by atoms with Crippen molar-refractivity contribution in [3.05, 3.63) is 65.1 Å². The summed E-state index contributed by atoms with van der Waals surface area (Å²) in [7, 11) is 0. The van der Waals surface area contributed by atoms with Crippen LogP contribution in [0.15, 0.2) is 54.0 Å². The predicted octanol–water partition coefficient (Wildman–Crippen LogP) is -0.184. The lowest BCUT2D eigenvalue weighted by Gasteiger charge is -2.29. The van der Waals surface area contributed by atoms with Crippen LogP contribution < -0.4 is 22.2 Å². The first-order valence-electron chi connectivity index (χ1n) is 9.32. The molecule has 4 amide bonds. The van der Waals surface area contributed by atoms with Crippen molar-refractivity contribution in [2.75, 3.05) is 5.32 Å². The number of nitrogens with zero attached hydrogens (tertiary/aromatic N) is 2. The number of nitrogens with two attached hydrogens (primary N) is 2. The summed E-state index contributed by atoms with van der Waals surface area (Å²) >= 11 is 0. The molecule has 0 aliphatic carbocycles. The molecule has 30 heavy (non-hydrogen) atoms. The van der Waals surface area contributed by atoms with Crippen LogP contribution in [0.2, 0.25) is 0 Å². The summed E-state index contributed by atoms with van der Waals surface area (Å²) in [5.41, 5.74) is 7.88. The molecule has 1 fully saturated rings. The molecule has 10 nitrogen and oxygen atoms in total. The minimum atomic E-state index is -0.687. The molecule has 3 aliphatic heterocycles. The first kappa shape index (κ1) is 19.4. The van der Waals surface area contributed by atoms with E-state index in [2.05, 4.69) is 10.6 Å². The van der Waals surface area contributed by atoms with Gasteiger partial charge in [-0.3, -0.25) is 29.5 Å². The maximum Gasteiger partial charge on any atom is 0.257 e. The number of benzene rings is 1. The van der Waals surface area contributed by atoms with Crippen LogP contribution in [0.1, 0.15) is 28.8 Å². The van der Waals surface area contributed by atoms with Crippen molar-refractivity contribution in [1.82, 2.24) is 15.2 Å². The van der Waals surface area contributed by atoms with Crippen LogP contribution in [0.5, 0.6) is 0 Å². The number of imide groups is 1. The van der Waals surface area contributed by atoms with E-state index in [0.29, 0.717) is 34.5 Å². The Kier molecular flexibility index (Phi) is 4.84. The van der Waals surface area contributed by atoms with Gasteiger partial charge in [0.2, 0.25) is 11.8 Å². The molecular formula is C20H20N6O4. The number of allylic oxidation sites excluding steroid dienone is 2. The third-order valence-electron chi connectivity index (χ3n) is 5.25. The average molecular weight is 408 g/mol. The van der Waals surface area contributed by atoms with E-state index in [1.165, 1.54) is 16.1 Å². The van der Waals surface area contributed by atoms with Crippen molar-refractivity contribution in [3.8, 4) is 0 Å². The summed E-state index contributed by atoms with van der Waals surface area (Å²) in [6.45, 7) is 0.222. The van der Waals surface area contributed by atoms with E-state index in [1.54, 1.807) is 36.6 Å². The summed E-state index contributed by atoms with van der Waals surface area (Å²) in [5, 5.41) is 6.29. The molecule has 0 radical (unpaired) electrons. The molecule has 1 aromatic rings. The highest BCUT2D eigenvalue weighted by molar-refractivity contribution is 6.08. The first-order valence-corrected chi connectivity index (χ1v) is 9.32. The quantitative estimate of drug-likeness (QED) is 0.400. The van der Waals surface area contributed by atoms with Crippen molar-refractivity contribution in [1.29, 1.82) is 0 Å². The normalized spacial score (nSPS) is 22.2. The van der Waals surface area contributed by atoms with Gasteiger partial charge in [-0.15, -0.1) is 0 Å². The standard InChI is InChI=1S/C20H20N6O4/c21-9-16-14(2-1-7-26(16)22)18(28)23-12-3-4-13-11(8-12)10-25(20(13)30)15-5-6-17(27)24-19(15)29/h1-4,7-9,15H,5-6,10,21-22H2,(H,23,28)(H,24,27,29)/b16-9-. The van der Waals surface area contributed by atoms with Crippen molar-refractivity contribution >= 4 is 29.3 Å². The van der Waals surface area contributed by atoms with E-state index in [4.69, 9.17) is 11.6 Å². The summed E-state index contributed by atoms with van der Waals surface area (Å²) in [4.78, 5) is 50.4. The van der Waals surface area contributed by atoms with E-state index in [9.17, 15) is 19.2 Å². The fraction of sp³-hybridized carbons (Fsp3) is 0.200. The number of piperidine rings is 1.